The second-order valence-corrected chi connectivity index (χ2v) is 17.5. The lowest BCUT2D eigenvalue weighted by Gasteiger charge is -2.26. The number of aliphatic hydroxyl groups excluding tert-OH is 2. The molecule has 0 aromatic carbocycles. The zero-order valence-electron chi connectivity index (χ0n) is 33.9. The SMILES string of the molecule is CCCCCCCCC(Cl)C(O)CCCCCCCCOC(=O)C1CC2OC2CC1C(=O)OCCCCCCCCC(O)C(Cl)CCCCCCCC. The molecule has 1 aliphatic heterocycles. The number of alkyl halides is 2. The first-order valence-electron chi connectivity index (χ1n) is 22.4. The first kappa shape index (κ1) is 48.5. The molecular formula is C44H80Cl2O7. The van der Waals surface area contributed by atoms with Crippen LogP contribution in [-0.2, 0) is 23.8 Å². The second-order valence-electron chi connectivity index (χ2n) is 16.3. The van der Waals surface area contributed by atoms with Crippen LogP contribution in [-0.4, -0.2) is 70.5 Å². The number of ether oxygens (including phenoxy) is 3. The first-order valence-corrected chi connectivity index (χ1v) is 23.3. The predicted molar refractivity (Wildman–Crippen MR) is 219 cm³/mol. The van der Waals surface area contributed by atoms with E-state index < -0.39 is 24.0 Å². The third-order valence-corrected chi connectivity index (χ3v) is 12.5. The van der Waals surface area contributed by atoms with Crippen molar-refractivity contribution in [2.45, 2.75) is 242 Å². The topological polar surface area (TPSA) is 106 Å². The van der Waals surface area contributed by atoms with Gasteiger partial charge in [0.2, 0.25) is 0 Å². The highest BCUT2D eigenvalue weighted by Gasteiger charge is 2.53. The number of hydrogen-bond donors (Lipinski definition) is 2. The molecule has 2 aliphatic rings. The summed E-state index contributed by atoms with van der Waals surface area (Å²) < 4.78 is 17.0. The van der Waals surface area contributed by atoms with Crippen LogP contribution in [0.1, 0.15) is 206 Å². The number of epoxide rings is 1. The average molecular weight is 792 g/mol. The number of carbonyl (C=O) groups excluding carboxylic acids is 2. The van der Waals surface area contributed by atoms with Crippen LogP contribution in [0.25, 0.3) is 0 Å². The molecule has 0 radical (unpaired) electrons. The molecule has 53 heavy (non-hydrogen) atoms. The van der Waals surface area contributed by atoms with Gasteiger partial charge >= 0.3 is 11.9 Å². The highest BCUT2D eigenvalue weighted by molar-refractivity contribution is 6.21. The lowest BCUT2D eigenvalue weighted by Crippen LogP contribution is -2.37. The molecule has 2 N–H and O–H groups in total. The van der Waals surface area contributed by atoms with E-state index in [4.69, 9.17) is 37.4 Å². The van der Waals surface area contributed by atoms with Gasteiger partial charge in [-0.15, -0.1) is 23.2 Å². The van der Waals surface area contributed by atoms with Crippen LogP contribution in [0.4, 0.5) is 0 Å². The Bertz CT molecular complexity index is 837. The molecule has 0 amide bonds. The quantitative estimate of drug-likeness (QED) is 0.0282. The van der Waals surface area contributed by atoms with Crippen LogP contribution in [0.5, 0.6) is 0 Å². The minimum atomic E-state index is -0.488. The normalized spacial score (nSPS) is 21.8. The molecule has 312 valence electrons. The van der Waals surface area contributed by atoms with Gasteiger partial charge in [0.1, 0.15) is 0 Å². The molecular weight excluding hydrogens is 711 g/mol. The largest absolute Gasteiger partial charge is 0.465 e. The van der Waals surface area contributed by atoms with Crippen LogP contribution >= 0.6 is 23.2 Å². The van der Waals surface area contributed by atoms with Crippen molar-refractivity contribution in [2.75, 3.05) is 13.2 Å². The van der Waals surface area contributed by atoms with Gasteiger partial charge in [-0.3, -0.25) is 9.59 Å². The number of esters is 2. The first-order chi connectivity index (χ1) is 25.8. The van der Waals surface area contributed by atoms with E-state index in [-0.39, 0.29) is 34.9 Å². The van der Waals surface area contributed by atoms with Crippen molar-refractivity contribution in [3.05, 3.63) is 0 Å². The molecule has 1 heterocycles. The summed E-state index contributed by atoms with van der Waals surface area (Å²) >= 11 is 12.9. The molecule has 0 aromatic rings. The molecule has 1 saturated carbocycles. The van der Waals surface area contributed by atoms with Crippen molar-refractivity contribution in [1.82, 2.24) is 0 Å². The molecule has 8 unspecified atom stereocenters. The third kappa shape index (κ3) is 23.3. The Morgan fingerprint density at radius 3 is 1.17 bits per heavy atom. The molecule has 0 spiro atoms. The molecule has 2 rings (SSSR count). The summed E-state index contributed by atoms with van der Waals surface area (Å²) in [5.41, 5.74) is 0. The maximum Gasteiger partial charge on any atom is 0.309 e. The van der Waals surface area contributed by atoms with Crippen LogP contribution in [0, 0.1) is 11.8 Å². The van der Waals surface area contributed by atoms with Crippen LogP contribution < -0.4 is 0 Å². The smallest absolute Gasteiger partial charge is 0.309 e. The lowest BCUT2D eigenvalue weighted by molar-refractivity contribution is -0.162. The van der Waals surface area contributed by atoms with Crippen LogP contribution in [0.15, 0.2) is 0 Å². The number of carbonyl (C=O) groups is 2. The van der Waals surface area contributed by atoms with E-state index in [1.807, 2.05) is 0 Å². The van der Waals surface area contributed by atoms with Gasteiger partial charge in [-0.2, -0.15) is 0 Å². The van der Waals surface area contributed by atoms with Crippen molar-refractivity contribution in [3.8, 4) is 0 Å². The van der Waals surface area contributed by atoms with Crippen molar-refractivity contribution >= 4 is 35.1 Å². The van der Waals surface area contributed by atoms with Gasteiger partial charge in [-0.05, 0) is 51.4 Å². The molecule has 0 bridgehead atoms. The fraction of sp³-hybridized carbons (Fsp3) is 0.955. The summed E-state index contributed by atoms with van der Waals surface area (Å²) in [6, 6.07) is 0. The fourth-order valence-electron chi connectivity index (χ4n) is 7.81. The summed E-state index contributed by atoms with van der Waals surface area (Å²) in [6.07, 6.45) is 30.7. The monoisotopic (exact) mass is 791 g/mol. The van der Waals surface area contributed by atoms with E-state index in [1.54, 1.807) is 0 Å². The van der Waals surface area contributed by atoms with Gasteiger partial charge in [0.25, 0.3) is 0 Å². The Hall–Kier alpha value is -0.600. The highest BCUT2D eigenvalue weighted by atomic mass is 35.5. The standard InChI is InChI=1S/C44H80Cl2O7/c1-3-5-7-9-15-21-27-37(45)39(47)29-23-17-11-13-19-25-31-51-43(49)35-33-41-42(53-41)34-36(35)44(50)52-32-26-20-14-12-18-24-30-40(48)38(46)28-22-16-10-8-6-4-2/h35-42,47-48H,3-34H2,1-2H3. The molecule has 0 aromatic heterocycles. The minimum absolute atomic E-state index is 0.0662. The molecule has 8 atom stereocenters. The number of fused-ring (bicyclic) bond motifs is 1. The van der Waals surface area contributed by atoms with Crippen LogP contribution in [0.3, 0.4) is 0 Å². The number of hydrogen-bond acceptors (Lipinski definition) is 7. The van der Waals surface area contributed by atoms with E-state index in [0.29, 0.717) is 26.1 Å². The van der Waals surface area contributed by atoms with E-state index in [0.717, 1.165) is 116 Å². The summed E-state index contributed by atoms with van der Waals surface area (Å²) in [5.74, 6) is -1.56. The lowest BCUT2D eigenvalue weighted by atomic mass is 9.79. The Kier molecular flexibility index (Phi) is 28.8. The second kappa shape index (κ2) is 31.5. The zero-order chi connectivity index (χ0) is 38.5. The number of unbranched alkanes of at least 4 members (excludes halogenated alkanes) is 20. The van der Waals surface area contributed by atoms with E-state index in [9.17, 15) is 19.8 Å². The van der Waals surface area contributed by atoms with Gasteiger partial charge in [0, 0.05) is 0 Å². The summed E-state index contributed by atoms with van der Waals surface area (Å²) in [5, 5.41) is 20.5. The average Bonchev–Trinajstić information content (AvgIpc) is 3.93. The molecule has 7 nitrogen and oxygen atoms in total. The zero-order valence-corrected chi connectivity index (χ0v) is 35.4. The molecule has 1 aliphatic carbocycles. The highest BCUT2D eigenvalue weighted by Crippen LogP contribution is 2.44. The fourth-order valence-corrected chi connectivity index (χ4v) is 8.38. The predicted octanol–water partition coefficient (Wildman–Crippen LogP) is 11.8. The Morgan fingerprint density at radius 1 is 0.509 bits per heavy atom. The maximum absolute atomic E-state index is 13.0. The van der Waals surface area contributed by atoms with Crippen molar-refractivity contribution in [3.63, 3.8) is 0 Å². The van der Waals surface area contributed by atoms with Gasteiger partial charge < -0.3 is 24.4 Å². The number of halogens is 2. The maximum atomic E-state index is 13.0. The summed E-state index contributed by atoms with van der Waals surface area (Å²) in [6.45, 7) is 5.21. The Balaban J connectivity index is 1.46. The molecule has 1 saturated heterocycles. The summed E-state index contributed by atoms with van der Waals surface area (Å²) in [7, 11) is 0. The number of rotatable bonds is 36. The van der Waals surface area contributed by atoms with Crippen LogP contribution in [0.2, 0.25) is 0 Å². The van der Waals surface area contributed by atoms with Gasteiger partial charge in [0.15, 0.2) is 0 Å². The van der Waals surface area contributed by atoms with E-state index in [2.05, 4.69) is 13.8 Å². The number of aliphatic hydroxyl groups is 2. The van der Waals surface area contributed by atoms with Gasteiger partial charge in [-0.1, -0.05) is 155 Å². The third-order valence-electron chi connectivity index (χ3n) is 11.5. The Labute approximate surface area is 334 Å². The van der Waals surface area contributed by atoms with E-state index >= 15 is 0 Å². The van der Waals surface area contributed by atoms with E-state index in [1.165, 1.54) is 64.2 Å². The van der Waals surface area contributed by atoms with Gasteiger partial charge in [0.05, 0.1) is 60.2 Å². The summed E-state index contributed by atoms with van der Waals surface area (Å²) in [4.78, 5) is 26.0. The Morgan fingerprint density at radius 2 is 0.811 bits per heavy atom. The van der Waals surface area contributed by atoms with Crippen molar-refractivity contribution < 1.29 is 34.0 Å². The van der Waals surface area contributed by atoms with Crippen molar-refractivity contribution in [1.29, 1.82) is 0 Å². The molecule has 2 fully saturated rings. The van der Waals surface area contributed by atoms with Gasteiger partial charge in [-0.25, -0.2) is 0 Å². The van der Waals surface area contributed by atoms with Crippen molar-refractivity contribution in [2.24, 2.45) is 11.8 Å². The minimum Gasteiger partial charge on any atom is -0.465 e. The molecule has 9 heteroatoms.